The van der Waals surface area contributed by atoms with Gasteiger partial charge in [-0.1, -0.05) is 36.8 Å². The number of carbonyl (C=O) groups is 1. The molecule has 1 saturated heterocycles. The lowest BCUT2D eigenvalue weighted by atomic mass is 9.99. The van der Waals surface area contributed by atoms with Gasteiger partial charge in [-0.05, 0) is 50.3 Å². The number of aromatic nitrogens is 1. The molecule has 1 aliphatic rings. The van der Waals surface area contributed by atoms with Crippen molar-refractivity contribution >= 4 is 5.91 Å². The van der Waals surface area contributed by atoms with E-state index in [0.29, 0.717) is 11.6 Å². The Morgan fingerprint density at radius 3 is 2.57 bits per heavy atom. The summed E-state index contributed by atoms with van der Waals surface area (Å²) >= 11 is 0. The largest absolute Gasteiger partial charge is 0.337 e. The molecule has 0 unspecified atom stereocenters. The molecule has 0 N–H and O–H groups in total. The highest BCUT2D eigenvalue weighted by atomic mass is 16.2. The fourth-order valence-corrected chi connectivity index (χ4v) is 3.18. The lowest BCUT2D eigenvalue weighted by Gasteiger charge is -2.30. The number of hydrogen-bond donors (Lipinski definition) is 0. The molecular formula is C20H24N2O. The number of benzene rings is 1. The van der Waals surface area contributed by atoms with Crippen LogP contribution in [-0.2, 0) is 0 Å². The van der Waals surface area contributed by atoms with Gasteiger partial charge in [0.2, 0.25) is 0 Å². The normalized spacial score (nSPS) is 15.7. The zero-order valence-corrected chi connectivity index (χ0v) is 14.2. The second kappa shape index (κ2) is 6.53. The summed E-state index contributed by atoms with van der Waals surface area (Å²) in [6, 6.07) is 12.1. The second-order valence-corrected chi connectivity index (χ2v) is 6.70. The molecule has 0 radical (unpaired) electrons. The van der Waals surface area contributed by atoms with Crippen LogP contribution in [-0.4, -0.2) is 28.9 Å². The van der Waals surface area contributed by atoms with Gasteiger partial charge in [0.1, 0.15) is 5.69 Å². The predicted molar refractivity (Wildman–Crippen MR) is 93.4 cm³/mol. The first kappa shape index (κ1) is 15.7. The van der Waals surface area contributed by atoms with Gasteiger partial charge in [-0.25, -0.2) is 4.98 Å². The van der Waals surface area contributed by atoms with E-state index in [1.165, 1.54) is 11.1 Å². The Labute approximate surface area is 138 Å². The standard InChI is InChI=1S/C20H24N2O/c1-14-9-11-22(12-10-14)20(23)19-6-4-5-18(21-19)17-8-7-15(2)13-16(17)3/h4-8,13-14H,9-12H2,1-3H3. The highest BCUT2D eigenvalue weighted by molar-refractivity contribution is 5.93. The summed E-state index contributed by atoms with van der Waals surface area (Å²) in [6.07, 6.45) is 2.17. The minimum atomic E-state index is 0.0588. The van der Waals surface area contributed by atoms with E-state index >= 15 is 0 Å². The Morgan fingerprint density at radius 2 is 1.87 bits per heavy atom. The van der Waals surface area contributed by atoms with Crippen molar-refractivity contribution in [2.45, 2.75) is 33.6 Å². The molecule has 0 saturated carbocycles. The highest BCUT2D eigenvalue weighted by Gasteiger charge is 2.22. The van der Waals surface area contributed by atoms with Crippen molar-refractivity contribution < 1.29 is 4.79 Å². The van der Waals surface area contributed by atoms with Crippen LogP contribution >= 0.6 is 0 Å². The van der Waals surface area contributed by atoms with Crippen LogP contribution in [0.1, 0.15) is 41.4 Å². The number of rotatable bonds is 2. The van der Waals surface area contributed by atoms with Gasteiger partial charge in [0.15, 0.2) is 0 Å². The van der Waals surface area contributed by atoms with Gasteiger partial charge in [0.05, 0.1) is 5.69 Å². The fraction of sp³-hybridized carbons (Fsp3) is 0.400. The summed E-state index contributed by atoms with van der Waals surface area (Å²) in [5.74, 6) is 0.775. The average Bonchev–Trinajstić information content (AvgIpc) is 2.55. The fourth-order valence-electron chi connectivity index (χ4n) is 3.18. The van der Waals surface area contributed by atoms with Crippen molar-refractivity contribution in [2.24, 2.45) is 5.92 Å². The van der Waals surface area contributed by atoms with Gasteiger partial charge in [-0.2, -0.15) is 0 Å². The average molecular weight is 308 g/mol. The van der Waals surface area contributed by atoms with Crippen LogP contribution in [0, 0.1) is 19.8 Å². The molecule has 1 aromatic carbocycles. The van der Waals surface area contributed by atoms with Crippen molar-refractivity contribution in [3.05, 3.63) is 53.2 Å². The molecule has 0 bridgehead atoms. The molecule has 23 heavy (non-hydrogen) atoms. The Morgan fingerprint density at radius 1 is 1.13 bits per heavy atom. The van der Waals surface area contributed by atoms with Crippen molar-refractivity contribution in [2.75, 3.05) is 13.1 Å². The monoisotopic (exact) mass is 308 g/mol. The molecular weight excluding hydrogens is 284 g/mol. The molecule has 0 atom stereocenters. The number of pyridine rings is 1. The molecule has 2 aromatic rings. The molecule has 2 heterocycles. The van der Waals surface area contributed by atoms with E-state index in [2.05, 4.69) is 44.0 Å². The summed E-state index contributed by atoms with van der Waals surface area (Å²) in [7, 11) is 0. The van der Waals surface area contributed by atoms with Crippen molar-refractivity contribution in [1.29, 1.82) is 0 Å². The summed E-state index contributed by atoms with van der Waals surface area (Å²) in [4.78, 5) is 19.3. The minimum absolute atomic E-state index is 0.0588. The van der Waals surface area contributed by atoms with Crippen LogP contribution in [0.3, 0.4) is 0 Å². The first-order valence-electron chi connectivity index (χ1n) is 8.38. The third-order valence-electron chi connectivity index (χ3n) is 4.70. The van der Waals surface area contributed by atoms with Gasteiger partial charge in [0.25, 0.3) is 5.91 Å². The lowest BCUT2D eigenvalue weighted by molar-refractivity contribution is 0.0691. The van der Waals surface area contributed by atoms with E-state index in [0.717, 1.165) is 37.2 Å². The van der Waals surface area contributed by atoms with Crippen LogP contribution in [0.15, 0.2) is 36.4 Å². The Bertz CT molecular complexity index is 715. The predicted octanol–water partition coefficient (Wildman–Crippen LogP) is 4.24. The van der Waals surface area contributed by atoms with Gasteiger partial charge in [-0.3, -0.25) is 4.79 Å². The number of likely N-dealkylation sites (tertiary alicyclic amines) is 1. The van der Waals surface area contributed by atoms with E-state index in [4.69, 9.17) is 0 Å². The highest BCUT2D eigenvalue weighted by Crippen LogP contribution is 2.23. The smallest absolute Gasteiger partial charge is 0.272 e. The molecule has 1 fully saturated rings. The first-order chi connectivity index (χ1) is 11.0. The summed E-state index contributed by atoms with van der Waals surface area (Å²) in [5.41, 5.74) is 4.95. The molecule has 1 aliphatic heterocycles. The zero-order chi connectivity index (χ0) is 16.4. The summed E-state index contributed by atoms with van der Waals surface area (Å²) in [6.45, 7) is 8.11. The van der Waals surface area contributed by atoms with Crippen LogP contribution in [0.5, 0.6) is 0 Å². The minimum Gasteiger partial charge on any atom is -0.337 e. The number of carbonyl (C=O) groups excluding carboxylic acids is 1. The zero-order valence-electron chi connectivity index (χ0n) is 14.2. The van der Waals surface area contributed by atoms with Crippen LogP contribution in [0.4, 0.5) is 0 Å². The maximum Gasteiger partial charge on any atom is 0.272 e. The van der Waals surface area contributed by atoms with E-state index < -0.39 is 0 Å². The molecule has 120 valence electrons. The molecule has 3 nitrogen and oxygen atoms in total. The molecule has 0 spiro atoms. The lowest BCUT2D eigenvalue weighted by Crippen LogP contribution is -2.38. The molecule has 3 rings (SSSR count). The Balaban J connectivity index is 1.86. The van der Waals surface area contributed by atoms with Crippen LogP contribution in [0.25, 0.3) is 11.3 Å². The van der Waals surface area contributed by atoms with Gasteiger partial charge in [0, 0.05) is 18.7 Å². The number of piperidine rings is 1. The number of aryl methyl sites for hydroxylation is 2. The SMILES string of the molecule is Cc1ccc(-c2cccc(C(=O)N3CCC(C)CC3)n2)c(C)c1. The third kappa shape index (κ3) is 3.44. The molecule has 1 amide bonds. The molecule has 3 heteroatoms. The summed E-state index contributed by atoms with van der Waals surface area (Å²) in [5, 5.41) is 0. The van der Waals surface area contributed by atoms with E-state index in [-0.39, 0.29) is 5.91 Å². The summed E-state index contributed by atoms with van der Waals surface area (Å²) < 4.78 is 0. The topological polar surface area (TPSA) is 33.2 Å². The quantitative estimate of drug-likeness (QED) is 0.831. The van der Waals surface area contributed by atoms with Gasteiger partial charge in [-0.15, -0.1) is 0 Å². The maximum absolute atomic E-state index is 12.7. The number of hydrogen-bond acceptors (Lipinski definition) is 2. The van der Waals surface area contributed by atoms with Gasteiger partial charge >= 0.3 is 0 Å². The van der Waals surface area contributed by atoms with E-state index in [9.17, 15) is 4.79 Å². The molecule has 0 aliphatic carbocycles. The Kier molecular flexibility index (Phi) is 4.46. The van der Waals surface area contributed by atoms with Crippen LogP contribution < -0.4 is 0 Å². The van der Waals surface area contributed by atoms with Crippen molar-refractivity contribution in [3.8, 4) is 11.3 Å². The third-order valence-corrected chi connectivity index (χ3v) is 4.70. The second-order valence-electron chi connectivity index (χ2n) is 6.70. The number of nitrogens with zero attached hydrogens (tertiary/aromatic N) is 2. The van der Waals surface area contributed by atoms with Crippen molar-refractivity contribution in [3.63, 3.8) is 0 Å². The van der Waals surface area contributed by atoms with E-state index in [1.807, 2.05) is 23.1 Å². The number of amides is 1. The van der Waals surface area contributed by atoms with Crippen LogP contribution in [0.2, 0.25) is 0 Å². The maximum atomic E-state index is 12.7. The van der Waals surface area contributed by atoms with Crippen molar-refractivity contribution in [1.82, 2.24) is 9.88 Å². The molecule has 1 aromatic heterocycles. The Hall–Kier alpha value is -2.16. The first-order valence-corrected chi connectivity index (χ1v) is 8.38. The van der Waals surface area contributed by atoms with E-state index in [1.54, 1.807) is 0 Å². The van der Waals surface area contributed by atoms with Gasteiger partial charge < -0.3 is 4.90 Å².